The first-order chi connectivity index (χ1) is 7.50. The van der Waals surface area contributed by atoms with Crippen LogP contribution in [0, 0.1) is 0 Å². The Morgan fingerprint density at radius 3 is 2.62 bits per heavy atom. The number of hydrogen-bond donors (Lipinski definition) is 2. The number of likely N-dealkylation sites (N-methyl/N-ethyl adjacent to an activating group) is 1. The molecule has 2 unspecified atom stereocenters. The maximum absolute atomic E-state index is 9.50. The van der Waals surface area contributed by atoms with E-state index in [-0.39, 0.29) is 12.1 Å². The summed E-state index contributed by atoms with van der Waals surface area (Å²) in [6, 6.07) is 0.986. The standard InChI is InChI=1S/C12H26N2O2/c1-10(7-16-4)14(3)8-12(2,9-15)13-11-5-6-11/h10-11,13,15H,5-9H2,1-4H3. The first-order valence-corrected chi connectivity index (χ1v) is 6.08. The van der Waals surface area contributed by atoms with Crippen molar-refractivity contribution in [3.8, 4) is 0 Å². The van der Waals surface area contributed by atoms with Gasteiger partial charge in [0.25, 0.3) is 0 Å². The van der Waals surface area contributed by atoms with E-state index in [2.05, 4.69) is 31.1 Å². The molecule has 0 aliphatic heterocycles. The SMILES string of the molecule is COCC(C)N(C)CC(C)(CO)NC1CC1. The van der Waals surface area contributed by atoms with Gasteiger partial charge in [-0.05, 0) is 33.7 Å². The maximum atomic E-state index is 9.50. The second-order valence-corrected chi connectivity index (χ2v) is 5.36. The minimum atomic E-state index is -0.197. The molecule has 0 spiro atoms. The topological polar surface area (TPSA) is 44.7 Å². The van der Waals surface area contributed by atoms with Gasteiger partial charge in [0.1, 0.15) is 0 Å². The number of nitrogens with zero attached hydrogens (tertiary/aromatic N) is 1. The summed E-state index contributed by atoms with van der Waals surface area (Å²) in [4.78, 5) is 2.23. The molecule has 96 valence electrons. The molecule has 1 rings (SSSR count). The number of aliphatic hydroxyl groups is 1. The van der Waals surface area contributed by atoms with Crippen molar-refractivity contribution in [2.75, 3.05) is 33.9 Å². The Morgan fingerprint density at radius 1 is 1.56 bits per heavy atom. The molecule has 1 aliphatic carbocycles. The van der Waals surface area contributed by atoms with E-state index in [9.17, 15) is 5.11 Å². The Bertz CT molecular complexity index is 209. The van der Waals surface area contributed by atoms with Crippen molar-refractivity contribution in [1.82, 2.24) is 10.2 Å². The lowest BCUT2D eigenvalue weighted by molar-refractivity contribution is 0.0753. The summed E-state index contributed by atoms with van der Waals surface area (Å²) < 4.78 is 5.14. The third kappa shape index (κ3) is 4.37. The largest absolute Gasteiger partial charge is 0.394 e. The average molecular weight is 230 g/mol. The Kier molecular flexibility index (Phi) is 5.18. The number of aliphatic hydroxyl groups excluding tert-OH is 1. The summed E-state index contributed by atoms with van der Waals surface area (Å²) in [6.45, 7) is 5.96. The molecule has 0 aromatic rings. The van der Waals surface area contributed by atoms with Gasteiger partial charge in [0.15, 0.2) is 0 Å². The van der Waals surface area contributed by atoms with Crippen LogP contribution >= 0.6 is 0 Å². The first-order valence-electron chi connectivity index (χ1n) is 6.08. The highest BCUT2D eigenvalue weighted by Crippen LogP contribution is 2.23. The van der Waals surface area contributed by atoms with Crippen LogP contribution in [0.15, 0.2) is 0 Å². The van der Waals surface area contributed by atoms with Gasteiger partial charge in [-0.15, -0.1) is 0 Å². The monoisotopic (exact) mass is 230 g/mol. The molecule has 0 saturated heterocycles. The van der Waals surface area contributed by atoms with Crippen LogP contribution in [0.25, 0.3) is 0 Å². The number of rotatable bonds is 8. The first kappa shape index (κ1) is 13.9. The van der Waals surface area contributed by atoms with Crippen molar-refractivity contribution in [3.05, 3.63) is 0 Å². The summed E-state index contributed by atoms with van der Waals surface area (Å²) in [6.07, 6.45) is 2.49. The molecule has 1 saturated carbocycles. The van der Waals surface area contributed by atoms with Crippen molar-refractivity contribution < 1.29 is 9.84 Å². The highest BCUT2D eigenvalue weighted by molar-refractivity contribution is 4.94. The molecule has 0 heterocycles. The van der Waals surface area contributed by atoms with E-state index in [0.717, 1.165) is 13.2 Å². The van der Waals surface area contributed by atoms with E-state index in [1.165, 1.54) is 12.8 Å². The lowest BCUT2D eigenvalue weighted by Gasteiger charge is -2.36. The predicted molar refractivity (Wildman–Crippen MR) is 65.6 cm³/mol. The molecule has 0 amide bonds. The van der Waals surface area contributed by atoms with Gasteiger partial charge in [-0.1, -0.05) is 0 Å². The number of nitrogens with one attached hydrogen (secondary N) is 1. The normalized spacial score (nSPS) is 22.1. The van der Waals surface area contributed by atoms with Crippen molar-refractivity contribution >= 4 is 0 Å². The van der Waals surface area contributed by atoms with E-state index in [1.54, 1.807) is 7.11 Å². The van der Waals surface area contributed by atoms with Gasteiger partial charge in [-0.25, -0.2) is 0 Å². The fraction of sp³-hybridized carbons (Fsp3) is 1.00. The lowest BCUT2D eigenvalue weighted by atomic mass is 10.0. The van der Waals surface area contributed by atoms with Gasteiger partial charge in [0.05, 0.1) is 18.8 Å². The fourth-order valence-electron chi connectivity index (χ4n) is 1.94. The third-order valence-electron chi connectivity index (χ3n) is 3.24. The predicted octanol–water partition coefficient (Wildman–Crippen LogP) is 0.456. The van der Waals surface area contributed by atoms with E-state index in [0.29, 0.717) is 12.1 Å². The number of methoxy groups -OCH3 is 1. The van der Waals surface area contributed by atoms with E-state index in [1.807, 2.05) is 0 Å². The average Bonchev–Trinajstić information content (AvgIpc) is 3.01. The quantitative estimate of drug-likeness (QED) is 0.636. The molecular weight excluding hydrogens is 204 g/mol. The molecule has 4 heteroatoms. The summed E-state index contributed by atoms with van der Waals surface area (Å²) in [5.41, 5.74) is -0.197. The minimum absolute atomic E-state index is 0.174. The van der Waals surface area contributed by atoms with Crippen LogP contribution in [0.2, 0.25) is 0 Å². The second kappa shape index (κ2) is 5.96. The molecule has 2 atom stereocenters. The van der Waals surface area contributed by atoms with Crippen molar-refractivity contribution in [3.63, 3.8) is 0 Å². The lowest BCUT2D eigenvalue weighted by Crippen LogP contribution is -2.55. The van der Waals surface area contributed by atoms with E-state index >= 15 is 0 Å². The Labute approximate surface area is 99.0 Å². The smallest absolute Gasteiger partial charge is 0.0623 e. The van der Waals surface area contributed by atoms with Crippen LogP contribution in [-0.4, -0.2) is 61.5 Å². The fourth-order valence-corrected chi connectivity index (χ4v) is 1.94. The Morgan fingerprint density at radius 2 is 2.19 bits per heavy atom. The highest BCUT2D eigenvalue weighted by atomic mass is 16.5. The van der Waals surface area contributed by atoms with Gasteiger partial charge >= 0.3 is 0 Å². The Hall–Kier alpha value is -0.160. The number of hydrogen-bond acceptors (Lipinski definition) is 4. The van der Waals surface area contributed by atoms with Crippen LogP contribution in [0.5, 0.6) is 0 Å². The molecule has 2 N–H and O–H groups in total. The molecule has 0 aromatic heterocycles. The summed E-state index contributed by atoms with van der Waals surface area (Å²) >= 11 is 0. The van der Waals surface area contributed by atoms with Gasteiger partial charge in [-0.2, -0.15) is 0 Å². The molecule has 1 aliphatic rings. The molecule has 0 aromatic carbocycles. The number of ether oxygens (including phenoxy) is 1. The second-order valence-electron chi connectivity index (χ2n) is 5.36. The zero-order valence-electron chi connectivity index (χ0n) is 11.0. The zero-order chi connectivity index (χ0) is 12.2. The van der Waals surface area contributed by atoms with Gasteiger partial charge in [0.2, 0.25) is 0 Å². The van der Waals surface area contributed by atoms with Crippen LogP contribution in [-0.2, 0) is 4.74 Å². The summed E-state index contributed by atoms with van der Waals surface area (Å²) in [5.74, 6) is 0. The van der Waals surface area contributed by atoms with Crippen molar-refractivity contribution in [1.29, 1.82) is 0 Å². The highest BCUT2D eigenvalue weighted by Gasteiger charge is 2.33. The third-order valence-corrected chi connectivity index (χ3v) is 3.24. The molecule has 16 heavy (non-hydrogen) atoms. The zero-order valence-corrected chi connectivity index (χ0v) is 11.0. The van der Waals surface area contributed by atoms with Crippen molar-refractivity contribution in [2.45, 2.75) is 44.3 Å². The molecule has 0 bridgehead atoms. The molecule has 1 fully saturated rings. The van der Waals surface area contributed by atoms with E-state index < -0.39 is 0 Å². The summed E-state index contributed by atoms with van der Waals surface area (Å²) in [5, 5.41) is 13.0. The molecular formula is C12H26N2O2. The van der Waals surface area contributed by atoms with E-state index in [4.69, 9.17) is 4.74 Å². The summed E-state index contributed by atoms with van der Waals surface area (Å²) in [7, 11) is 3.80. The minimum Gasteiger partial charge on any atom is -0.394 e. The van der Waals surface area contributed by atoms with Crippen LogP contribution in [0.3, 0.4) is 0 Å². The van der Waals surface area contributed by atoms with Gasteiger partial charge in [0, 0.05) is 25.7 Å². The molecule has 4 nitrogen and oxygen atoms in total. The maximum Gasteiger partial charge on any atom is 0.0623 e. The van der Waals surface area contributed by atoms with Gasteiger partial charge in [-0.3, -0.25) is 4.90 Å². The van der Waals surface area contributed by atoms with Gasteiger partial charge < -0.3 is 15.2 Å². The van der Waals surface area contributed by atoms with Crippen molar-refractivity contribution in [2.24, 2.45) is 0 Å². The molecule has 0 radical (unpaired) electrons. The van der Waals surface area contributed by atoms with Crippen LogP contribution in [0.4, 0.5) is 0 Å². The van der Waals surface area contributed by atoms with Crippen LogP contribution < -0.4 is 5.32 Å². The van der Waals surface area contributed by atoms with Crippen LogP contribution in [0.1, 0.15) is 26.7 Å². The Balaban J connectivity index is 2.40.